The van der Waals surface area contributed by atoms with Crippen molar-refractivity contribution in [3.05, 3.63) is 81.5 Å². The molecule has 1 heterocycles. The van der Waals surface area contributed by atoms with Gasteiger partial charge in [-0.2, -0.15) is 5.10 Å². The summed E-state index contributed by atoms with van der Waals surface area (Å²) < 4.78 is 12.4. The first-order valence-electron chi connectivity index (χ1n) is 9.95. The number of aromatic nitrogens is 2. The smallest absolute Gasteiger partial charge is 0.270 e. The lowest BCUT2D eigenvalue weighted by atomic mass is 10.1. The van der Waals surface area contributed by atoms with Gasteiger partial charge in [0.2, 0.25) is 0 Å². The summed E-state index contributed by atoms with van der Waals surface area (Å²) in [4.78, 5) is 23.3. The van der Waals surface area contributed by atoms with Crippen LogP contribution in [0.25, 0.3) is 12.2 Å². The van der Waals surface area contributed by atoms with Gasteiger partial charge in [-0.25, -0.2) is 0 Å². The molecule has 0 aliphatic rings. The number of non-ortho nitro benzene ring substituents is 1. The monoisotopic (exact) mass is 436 g/mol. The summed E-state index contributed by atoms with van der Waals surface area (Å²) in [6, 6.07) is 13.2. The molecule has 0 fully saturated rings. The molecule has 0 unspecified atom stereocenters. The molecular weight excluding hydrogens is 412 g/mol. The molecule has 2 aromatic carbocycles. The summed E-state index contributed by atoms with van der Waals surface area (Å²) in [5.74, 6) is 0.655. The van der Waals surface area contributed by atoms with Crippen LogP contribution in [0.1, 0.15) is 27.9 Å². The van der Waals surface area contributed by atoms with Crippen LogP contribution >= 0.6 is 0 Å². The minimum atomic E-state index is -0.439. The number of anilines is 1. The van der Waals surface area contributed by atoms with E-state index in [1.165, 1.54) is 12.1 Å². The van der Waals surface area contributed by atoms with E-state index in [-0.39, 0.29) is 11.6 Å². The Hall–Kier alpha value is -3.98. The number of nitro benzene ring substituents is 1. The third kappa shape index (κ3) is 6.51. The van der Waals surface area contributed by atoms with Gasteiger partial charge in [0.25, 0.3) is 11.6 Å². The van der Waals surface area contributed by atoms with Gasteiger partial charge in [0.05, 0.1) is 11.5 Å². The molecule has 3 aromatic rings. The van der Waals surface area contributed by atoms with E-state index in [1.807, 2.05) is 0 Å². The Morgan fingerprint density at radius 3 is 2.69 bits per heavy atom. The van der Waals surface area contributed by atoms with Crippen LogP contribution in [-0.4, -0.2) is 40.9 Å². The molecule has 1 aromatic heterocycles. The van der Waals surface area contributed by atoms with Crippen molar-refractivity contribution in [3.8, 4) is 5.75 Å². The first-order chi connectivity index (χ1) is 15.4. The number of ether oxygens (including phenoxy) is 2. The summed E-state index contributed by atoms with van der Waals surface area (Å²) in [6.07, 6.45) is 5.97. The van der Waals surface area contributed by atoms with Gasteiger partial charge < -0.3 is 14.8 Å². The standard InChI is InChI=1S/C23H24N4O5/c1-26-10-9-22(25-26)24-23(28)19-13-18(15-21(16-19)32-12-4-11-31-2)8-7-17-5-3-6-20(14-17)27(29)30/h3,5-10,13-16H,4,11-12H2,1-2H3,(H,24,25,28)/b8-7+. The van der Waals surface area contributed by atoms with Crippen LogP contribution in [0, 0.1) is 10.1 Å². The number of nitrogens with zero attached hydrogens (tertiary/aromatic N) is 3. The predicted molar refractivity (Wildman–Crippen MR) is 122 cm³/mol. The van der Waals surface area contributed by atoms with E-state index in [2.05, 4.69) is 10.4 Å². The van der Waals surface area contributed by atoms with Crippen LogP contribution in [0.5, 0.6) is 5.75 Å². The zero-order valence-electron chi connectivity index (χ0n) is 17.9. The molecular formula is C23H24N4O5. The Balaban J connectivity index is 1.84. The van der Waals surface area contributed by atoms with Crippen molar-refractivity contribution >= 4 is 29.6 Å². The van der Waals surface area contributed by atoms with E-state index >= 15 is 0 Å². The average Bonchev–Trinajstić information content (AvgIpc) is 3.19. The second-order valence-corrected chi connectivity index (χ2v) is 7.00. The van der Waals surface area contributed by atoms with Crippen molar-refractivity contribution in [2.45, 2.75) is 6.42 Å². The van der Waals surface area contributed by atoms with Crippen LogP contribution in [0.2, 0.25) is 0 Å². The van der Waals surface area contributed by atoms with Crippen LogP contribution in [0.4, 0.5) is 11.5 Å². The Morgan fingerprint density at radius 1 is 1.16 bits per heavy atom. The number of nitro groups is 1. The number of amides is 1. The third-order valence-corrected chi connectivity index (χ3v) is 4.46. The molecule has 0 aliphatic heterocycles. The van der Waals surface area contributed by atoms with Crippen LogP contribution in [0.3, 0.4) is 0 Å². The first-order valence-corrected chi connectivity index (χ1v) is 9.95. The minimum absolute atomic E-state index is 0.0119. The van der Waals surface area contributed by atoms with E-state index in [9.17, 15) is 14.9 Å². The fraction of sp³-hybridized carbons (Fsp3) is 0.217. The van der Waals surface area contributed by atoms with Crippen molar-refractivity contribution in [2.75, 3.05) is 25.6 Å². The van der Waals surface area contributed by atoms with E-state index < -0.39 is 4.92 Å². The van der Waals surface area contributed by atoms with Crippen LogP contribution in [0.15, 0.2) is 54.7 Å². The highest BCUT2D eigenvalue weighted by Gasteiger charge is 2.11. The fourth-order valence-corrected chi connectivity index (χ4v) is 2.93. The summed E-state index contributed by atoms with van der Waals surface area (Å²) in [5, 5.41) is 17.9. The van der Waals surface area contributed by atoms with Crippen molar-refractivity contribution < 1.29 is 19.2 Å². The third-order valence-electron chi connectivity index (χ3n) is 4.46. The van der Waals surface area contributed by atoms with Gasteiger partial charge in [0.15, 0.2) is 5.82 Å². The lowest BCUT2D eigenvalue weighted by Crippen LogP contribution is -2.13. The normalized spacial score (nSPS) is 10.9. The lowest BCUT2D eigenvalue weighted by molar-refractivity contribution is -0.384. The number of carbonyl (C=O) groups is 1. The number of hydrogen-bond donors (Lipinski definition) is 1. The Morgan fingerprint density at radius 2 is 1.97 bits per heavy atom. The molecule has 9 nitrogen and oxygen atoms in total. The highest BCUT2D eigenvalue weighted by Crippen LogP contribution is 2.22. The number of carbonyl (C=O) groups excluding carboxylic acids is 1. The molecule has 1 amide bonds. The molecule has 0 saturated carbocycles. The largest absolute Gasteiger partial charge is 0.493 e. The molecule has 0 atom stereocenters. The van der Waals surface area contributed by atoms with Crippen molar-refractivity contribution in [1.82, 2.24) is 9.78 Å². The van der Waals surface area contributed by atoms with Gasteiger partial charge >= 0.3 is 0 Å². The molecule has 0 saturated heterocycles. The fourth-order valence-electron chi connectivity index (χ4n) is 2.93. The highest BCUT2D eigenvalue weighted by molar-refractivity contribution is 6.04. The molecule has 0 spiro atoms. The summed E-state index contributed by atoms with van der Waals surface area (Å²) >= 11 is 0. The zero-order chi connectivity index (χ0) is 22.9. The summed E-state index contributed by atoms with van der Waals surface area (Å²) in [5.41, 5.74) is 1.80. The number of aryl methyl sites for hydroxylation is 1. The van der Waals surface area contributed by atoms with Gasteiger partial charge in [-0.05, 0) is 29.3 Å². The maximum Gasteiger partial charge on any atom is 0.270 e. The molecule has 0 radical (unpaired) electrons. The second kappa shape index (κ2) is 10.9. The molecule has 32 heavy (non-hydrogen) atoms. The molecule has 3 rings (SSSR count). The van der Waals surface area contributed by atoms with Crippen molar-refractivity contribution in [3.63, 3.8) is 0 Å². The quantitative estimate of drug-likeness (QED) is 0.221. The minimum Gasteiger partial charge on any atom is -0.493 e. The first kappa shape index (κ1) is 22.7. The van der Waals surface area contributed by atoms with Gasteiger partial charge in [-0.15, -0.1) is 0 Å². The molecule has 9 heteroatoms. The Kier molecular flexibility index (Phi) is 7.71. The summed E-state index contributed by atoms with van der Waals surface area (Å²) in [6.45, 7) is 1.01. The number of hydrogen-bond acceptors (Lipinski definition) is 6. The lowest BCUT2D eigenvalue weighted by Gasteiger charge is -2.10. The molecule has 1 N–H and O–H groups in total. The number of benzene rings is 2. The van der Waals surface area contributed by atoms with Crippen LogP contribution < -0.4 is 10.1 Å². The van der Waals surface area contributed by atoms with Gasteiger partial charge in [0, 0.05) is 57.1 Å². The number of methoxy groups -OCH3 is 1. The molecule has 166 valence electrons. The zero-order valence-corrected chi connectivity index (χ0v) is 17.9. The van der Waals surface area contributed by atoms with E-state index in [1.54, 1.807) is 73.6 Å². The van der Waals surface area contributed by atoms with E-state index in [0.717, 1.165) is 0 Å². The predicted octanol–water partition coefficient (Wildman–Crippen LogP) is 4.17. The van der Waals surface area contributed by atoms with E-state index in [4.69, 9.17) is 9.47 Å². The van der Waals surface area contributed by atoms with E-state index in [0.29, 0.717) is 47.9 Å². The average molecular weight is 436 g/mol. The maximum absolute atomic E-state index is 12.8. The summed E-state index contributed by atoms with van der Waals surface area (Å²) in [7, 11) is 3.39. The highest BCUT2D eigenvalue weighted by atomic mass is 16.6. The topological polar surface area (TPSA) is 109 Å². The maximum atomic E-state index is 12.8. The molecule has 0 bridgehead atoms. The second-order valence-electron chi connectivity index (χ2n) is 7.00. The van der Waals surface area contributed by atoms with Crippen molar-refractivity contribution in [2.24, 2.45) is 7.05 Å². The number of rotatable bonds is 10. The van der Waals surface area contributed by atoms with Crippen LogP contribution in [-0.2, 0) is 11.8 Å². The Labute approximate surface area is 185 Å². The van der Waals surface area contributed by atoms with Crippen molar-refractivity contribution in [1.29, 1.82) is 0 Å². The van der Waals surface area contributed by atoms with Gasteiger partial charge in [-0.1, -0.05) is 24.3 Å². The Bertz CT molecular complexity index is 1120. The molecule has 0 aliphatic carbocycles. The van der Waals surface area contributed by atoms with Gasteiger partial charge in [0.1, 0.15) is 5.75 Å². The SMILES string of the molecule is COCCCOc1cc(/C=C/c2cccc([N+](=O)[O-])c2)cc(C(=O)Nc2ccn(C)n2)c1. The van der Waals surface area contributed by atoms with Gasteiger partial charge in [-0.3, -0.25) is 19.6 Å². The number of nitrogens with one attached hydrogen (secondary N) is 1.